The molecule has 0 saturated heterocycles. The molecule has 1 amide bonds. The number of amides is 1. The van der Waals surface area contributed by atoms with Gasteiger partial charge in [0.15, 0.2) is 0 Å². The summed E-state index contributed by atoms with van der Waals surface area (Å²) in [6.45, 7) is 10.1. The Labute approximate surface area is 138 Å². The Hall–Kier alpha value is -1.88. The quantitative estimate of drug-likeness (QED) is 0.571. The Morgan fingerprint density at radius 2 is 1.74 bits per heavy atom. The maximum Gasteiger partial charge on any atom is 0.328 e. The first-order valence-electron chi connectivity index (χ1n) is 8.13. The van der Waals surface area contributed by atoms with Crippen LogP contribution in [-0.2, 0) is 9.53 Å². The Balaban J connectivity index is 2.95. The molecule has 0 heterocycles. The lowest BCUT2D eigenvalue weighted by Crippen LogP contribution is -2.63. The highest BCUT2D eigenvalue weighted by Gasteiger charge is 2.43. The number of hydrogen-bond donors (Lipinski definition) is 2. The molecule has 0 aromatic heterocycles. The van der Waals surface area contributed by atoms with Gasteiger partial charge in [-0.25, -0.2) is 10.2 Å². The second-order valence-electron chi connectivity index (χ2n) is 6.39. The average molecular weight is 320 g/mol. The summed E-state index contributed by atoms with van der Waals surface area (Å²) in [5, 5.41) is 0. The zero-order valence-corrected chi connectivity index (χ0v) is 14.7. The second kappa shape index (κ2) is 8.67. The molecular weight excluding hydrogens is 292 g/mol. The van der Waals surface area contributed by atoms with Crippen molar-refractivity contribution in [3.05, 3.63) is 35.9 Å². The van der Waals surface area contributed by atoms with Crippen LogP contribution >= 0.6 is 0 Å². The fraction of sp³-hybridized carbons (Fsp3) is 0.556. The monoisotopic (exact) mass is 320 g/mol. The zero-order chi connectivity index (χ0) is 17.5. The highest BCUT2D eigenvalue weighted by Crippen LogP contribution is 2.27. The van der Waals surface area contributed by atoms with E-state index >= 15 is 0 Å². The molecule has 1 atom stereocenters. The van der Waals surface area contributed by atoms with Crippen molar-refractivity contribution in [3.63, 3.8) is 0 Å². The maximum absolute atomic E-state index is 12.6. The molecule has 2 N–H and O–H groups in total. The number of hydrogen-bond acceptors (Lipinski definition) is 4. The molecule has 0 aliphatic rings. The minimum absolute atomic E-state index is 0.0416. The van der Waals surface area contributed by atoms with Crippen molar-refractivity contribution in [1.29, 1.82) is 0 Å². The molecule has 1 aromatic rings. The van der Waals surface area contributed by atoms with Crippen LogP contribution < -0.4 is 10.9 Å². The number of ether oxygens (including phenoxy) is 1. The van der Waals surface area contributed by atoms with E-state index in [2.05, 4.69) is 10.9 Å². The van der Waals surface area contributed by atoms with Gasteiger partial charge in [0.25, 0.3) is 5.91 Å². The van der Waals surface area contributed by atoms with Gasteiger partial charge in [-0.1, -0.05) is 45.9 Å². The van der Waals surface area contributed by atoms with E-state index < -0.39 is 5.54 Å². The summed E-state index contributed by atoms with van der Waals surface area (Å²) in [6.07, 6.45) is 0.568. The minimum Gasteiger partial charge on any atom is -0.465 e. The molecule has 0 bridgehead atoms. The number of hydrazine groups is 1. The number of rotatable bonds is 8. The van der Waals surface area contributed by atoms with Gasteiger partial charge in [0, 0.05) is 5.56 Å². The predicted octanol–water partition coefficient (Wildman–Crippen LogP) is 2.93. The Bertz CT molecular complexity index is 514. The lowest BCUT2D eigenvalue weighted by molar-refractivity contribution is -0.155. The third-order valence-electron chi connectivity index (χ3n) is 3.79. The van der Waals surface area contributed by atoms with Crippen LogP contribution in [-0.4, -0.2) is 24.0 Å². The van der Waals surface area contributed by atoms with Gasteiger partial charge in [0.1, 0.15) is 5.54 Å². The molecule has 5 nitrogen and oxygen atoms in total. The zero-order valence-electron chi connectivity index (χ0n) is 14.7. The Morgan fingerprint density at radius 1 is 1.13 bits per heavy atom. The number of esters is 1. The average Bonchev–Trinajstić information content (AvgIpc) is 2.51. The second-order valence-corrected chi connectivity index (χ2v) is 6.39. The SMILES string of the molecule is CCOC(=O)C(CC(C)C)(NNC(=O)c1ccccc1)C(C)C. The van der Waals surface area contributed by atoms with E-state index in [0.717, 1.165) is 0 Å². The largest absolute Gasteiger partial charge is 0.465 e. The minimum atomic E-state index is -0.950. The lowest BCUT2D eigenvalue weighted by atomic mass is 9.80. The summed E-state index contributed by atoms with van der Waals surface area (Å²) in [6, 6.07) is 8.88. The van der Waals surface area contributed by atoms with Crippen molar-refractivity contribution in [2.45, 2.75) is 46.6 Å². The van der Waals surface area contributed by atoms with Crippen molar-refractivity contribution < 1.29 is 14.3 Å². The summed E-state index contributed by atoms with van der Waals surface area (Å²) < 4.78 is 5.25. The summed E-state index contributed by atoms with van der Waals surface area (Å²) in [5.74, 6) is -0.385. The van der Waals surface area contributed by atoms with Gasteiger partial charge in [0.2, 0.25) is 0 Å². The third kappa shape index (κ3) is 5.06. The Kier molecular flexibility index (Phi) is 7.23. The standard InChI is InChI=1S/C18H28N2O3/c1-6-23-17(22)18(14(4)5,12-13(2)3)20-19-16(21)15-10-8-7-9-11-15/h7-11,13-14,20H,6,12H2,1-5H3,(H,19,21). The van der Waals surface area contributed by atoms with E-state index in [1.54, 1.807) is 31.2 Å². The van der Waals surface area contributed by atoms with Crippen LogP contribution in [0.2, 0.25) is 0 Å². The summed E-state index contributed by atoms with van der Waals surface area (Å²) in [5.41, 5.74) is 5.23. The topological polar surface area (TPSA) is 67.4 Å². The molecule has 0 aliphatic heterocycles. The lowest BCUT2D eigenvalue weighted by Gasteiger charge is -2.37. The molecular formula is C18H28N2O3. The van der Waals surface area contributed by atoms with Crippen molar-refractivity contribution in [2.75, 3.05) is 6.61 Å². The van der Waals surface area contributed by atoms with E-state index in [1.165, 1.54) is 0 Å². The molecule has 23 heavy (non-hydrogen) atoms. The van der Waals surface area contributed by atoms with Crippen molar-refractivity contribution in [3.8, 4) is 0 Å². The predicted molar refractivity (Wildman–Crippen MR) is 90.7 cm³/mol. The maximum atomic E-state index is 12.6. The summed E-state index contributed by atoms with van der Waals surface area (Å²) in [7, 11) is 0. The first kappa shape index (κ1) is 19.2. The Morgan fingerprint density at radius 3 is 2.22 bits per heavy atom. The van der Waals surface area contributed by atoms with Gasteiger partial charge in [-0.05, 0) is 37.3 Å². The van der Waals surface area contributed by atoms with Crippen LogP contribution in [0.4, 0.5) is 0 Å². The molecule has 0 aliphatic carbocycles. The van der Waals surface area contributed by atoms with Crippen LogP contribution in [0, 0.1) is 11.8 Å². The van der Waals surface area contributed by atoms with Crippen molar-refractivity contribution in [2.24, 2.45) is 11.8 Å². The van der Waals surface area contributed by atoms with E-state index in [9.17, 15) is 9.59 Å². The van der Waals surface area contributed by atoms with Gasteiger partial charge in [-0.15, -0.1) is 0 Å². The molecule has 1 unspecified atom stereocenters. The molecule has 0 fully saturated rings. The first-order chi connectivity index (χ1) is 10.8. The van der Waals surface area contributed by atoms with Crippen LogP contribution in [0.15, 0.2) is 30.3 Å². The molecule has 128 valence electrons. The van der Waals surface area contributed by atoms with Crippen molar-refractivity contribution >= 4 is 11.9 Å². The summed E-state index contributed by atoms with van der Waals surface area (Å²) in [4.78, 5) is 24.8. The molecule has 5 heteroatoms. The van der Waals surface area contributed by atoms with Gasteiger partial charge >= 0.3 is 5.97 Å². The molecule has 1 aromatic carbocycles. The van der Waals surface area contributed by atoms with E-state index in [-0.39, 0.29) is 23.7 Å². The van der Waals surface area contributed by atoms with E-state index in [0.29, 0.717) is 18.6 Å². The number of carbonyl (C=O) groups is 2. The van der Waals surface area contributed by atoms with Crippen LogP contribution in [0.25, 0.3) is 0 Å². The third-order valence-corrected chi connectivity index (χ3v) is 3.79. The fourth-order valence-electron chi connectivity index (χ4n) is 2.53. The van der Waals surface area contributed by atoms with Crippen LogP contribution in [0.1, 0.15) is 51.4 Å². The van der Waals surface area contributed by atoms with Crippen molar-refractivity contribution in [1.82, 2.24) is 10.9 Å². The normalized spacial score (nSPS) is 13.7. The molecule has 0 radical (unpaired) electrons. The summed E-state index contributed by atoms with van der Waals surface area (Å²) >= 11 is 0. The number of carbonyl (C=O) groups excluding carboxylic acids is 2. The van der Waals surface area contributed by atoms with Gasteiger partial charge in [-0.3, -0.25) is 10.2 Å². The van der Waals surface area contributed by atoms with Crippen LogP contribution in [0.5, 0.6) is 0 Å². The molecule has 1 rings (SSSR count). The first-order valence-corrected chi connectivity index (χ1v) is 8.13. The smallest absolute Gasteiger partial charge is 0.328 e. The van der Waals surface area contributed by atoms with E-state index in [4.69, 9.17) is 4.74 Å². The highest BCUT2D eigenvalue weighted by molar-refractivity contribution is 5.94. The van der Waals surface area contributed by atoms with E-state index in [1.807, 2.05) is 33.8 Å². The molecule has 0 spiro atoms. The van der Waals surface area contributed by atoms with Gasteiger partial charge < -0.3 is 4.74 Å². The van der Waals surface area contributed by atoms with Gasteiger partial charge in [-0.2, -0.15) is 0 Å². The number of benzene rings is 1. The van der Waals surface area contributed by atoms with Gasteiger partial charge in [0.05, 0.1) is 6.61 Å². The fourth-order valence-corrected chi connectivity index (χ4v) is 2.53. The number of nitrogens with one attached hydrogen (secondary N) is 2. The van der Waals surface area contributed by atoms with Crippen LogP contribution in [0.3, 0.4) is 0 Å². The molecule has 0 saturated carbocycles. The highest BCUT2D eigenvalue weighted by atomic mass is 16.5.